The van der Waals surface area contributed by atoms with Crippen molar-refractivity contribution in [3.05, 3.63) is 22.4 Å². The van der Waals surface area contributed by atoms with E-state index < -0.39 is 0 Å². The first kappa shape index (κ1) is 15.5. The highest BCUT2D eigenvalue weighted by Crippen LogP contribution is 2.30. The smallest absolute Gasteiger partial charge is 0.0508 e. The fourth-order valence-corrected chi connectivity index (χ4v) is 4.73. The highest BCUT2D eigenvalue weighted by molar-refractivity contribution is 7.07. The molecule has 3 rings (SSSR count). The van der Waals surface area contributed by atoms with Gasteiger partial charge in [-0.3, -0.25) is 9.80 Å². The van der Waals surface area contributed by atoms with Crippen LogP contribution in [0.5, 0.6) is 0 Å². The van der Waals surface area contributed by atoms with Gasteiger partial charge in [-0.2, -0.15) is 11.3 Å². The van der Waals surface area contributed by atoms with Crippen LogP contribution in [-0.4, -0.2) is 48.1 Å². The van der Waals surface area contributed by atoms with Gasteiger partial charge in [-0.15, -0.1) is 0 Å². The fraction of sp³-hybridized carbons (Fsp3) is 0.765. The van der Waals surface area contributed by atoms with Crippen LogP contribution < -0.4 is 5.73 Å². The van der Waals surface area contributed by atoms with E-state index in [0.717, 1.165) is 12.5 Å². The molecule has 1 aromatic rings. The number of nitrogens with zero attached hydrogens (tertiary/aromatic N) is 2. The van der Waals surface area contributed by atoms with E-state index in [1.54, 1.807) is 11.3 Å². The third-order valence-corrected chi connectivity index (χ3v) is 6.05. The second-order valence-corrected chi connectivity index (χ2v) is 7.36. The first-order chi connectivity index (χ1) is 10.3. The first-order valence-electron chi connectivity index (χ1n) is 8.55. The highest BCUT2D eigenvalue weighted by Gasteiger charge is 2.31. The van der Waals surface area contributed by atoms with Gasteiger partial charge in [0.15, 0.2) is 0 Å². The van der Waals surface area contributed by atoms with Crippen LogP contribution in [0.2, 0.25) is 0 Å². The van der Waals surface area contributed by atoms with Crippen molar-refractivity contribution in [2.75, 3.05) is 26.2 Å². The molecule has 0 aromatic carbocycles. The molecular weight excluding hydrogens is 278 g/mol. The van der Waals surface area contributed by atoms with Crippen molar-refractivity contribution in [3.63, 3.8) is 0 Å². The summed E-state index contributed by atoms with van der Waals surface area (Å²) in [5, 5.41) is 4.46. The Morgan fingerprint density at radius 2 is 1.95 bits per heavy atom. The molecule has 1 aliphatic heterocycles. The molecule has 1 saturated heterocycles. The van der Waals surface area contributed by atoms with E-state index in [2.05, 4.69) is 33.6 Å². The topological polar surface area (TPSA) is 32.5 Å². The minimum absolute atomic E-state index is 0.248. The van der Waals surface area contributed by atoms with E-state index in [9.17, 15) is 0 Å². The molecule has 4 heteroatoms. The van der Waals surface area contributed by atoms with Crippen molar-refractivity contribution >= 4 is 11.3 Å². The maximum atomic E-state index is 6.45. The predicted octanol–water partition coefficient (Wildman–Crippen LogP) is 3.09. The Bertz CT molecular complexity index is 406. The number of hydrogen-bond acceptors (Lipinski definition) is 4. The average Bonchev–Trinajstić information content (AvgIpc) is 3.21. The second-order valence-electron chi connectivity index (χ2n) is 6.58. The Hall–Kier alpha value is -0.420. The van der Waals surface area contributed by atoms with Crippen LogP contribution in [0.4, 0.5) is 0 Å². The zero-order valence-corrected chi connectivity index (χ0v) is 14.0. The number of rotatable bonds is 5. The molecule has 3 nitrogen and oxygen atoms in total. The van der Waals surface area contributed by atoms with Crippen LogP contribution in [0.25, 0.3) is 0 Å². The SMILES string of the molecule is CCC(N)C(c1ccsc1)N1CCN(C2CCCC2)CC1. The number of thiophene rings is 1. The van der Waals surface area contributed by atoms with Gasteiger partial charge in [0.25, 0.3) is 0 Å². The van der Waals surface area contributed by atoms with Gasteiger partial charge in [-0.05, 0) is 41.7 Å². The molecule has 1 aromatic heterocycles. The third kappa shape index (κ3) is 3.50. The average molecular weight is 308 g/mol. The summed E-state index contributed by atoms with van der Waals surface area (Å²) in [5.41, 5.74) is 7.87. The zero-order chi connectivity index (χ0) is 14.7. The molecule has 0 radical (unpaired) electrons. The van der Waals surface area contributed by atoms with E-state index in [0.29, 0.717) is 6.04 Å². The molecule has 0 bridgehead atoms. The molecule has 2 fully saturated rings. The molecule has 118 valence electrons. The van der Waals surface area contributed by atoms with E-state index >= 15 is 0 Å². The number of piperazine rings is 1. The van der Waals surface area contributed by atoms with Gasteiger partial charge in [-0.1, -0.05) is 19.8 Å². The van der Waals surface area contributed by atoms with Crippen molar-refractivity contribution in [2.45, 2.75) is 57.2 Å². The van der Waals surface area contributed by atoms with E-state index in [4.69, 9.17) is 5.73 Å². The van der Waals surface area contributed by atoms with Gasteiger partial charge in [0.1, 0.15) is 0 Å². The predicted molar refractivity (Wildman–Crippen MR) is 90.7 cm³/mol. The molecule has 2 atom stereocenters. The van der Waals surface area contributed by atoms with Crippen LogP contribution in [0, 0.1) is 0 Å². The Kier molecular flexibility index (Phi) is 5.33. The molecule has 21 heavy (non-hydrogen) atoms. The summed E-state index contributed by atoms with van der Waals surface area (Å²) >= 11 is 1.79. The largest absolute Gasteiger partial charge is 0.326 e. The van der Waals surface area contributed by atoms with Gasteiger partial charge in [-0.25, -0.2) is 0 Å². The summed E-state index contributed by atoms with van der Waals surface area (Å²) in [6.45, 7) is 7.00. The molecule has 0 spiro atoms. The Labute approximate surface area is 133 Å². The van der Waals surface area contributed by atoms with Gasteiger partial charge in [0.2, 0.25) is 0 Å². The Morgan fingerprint density at radius 1 is 1.24 bits per heavy atom. The summed E-state index contributed by atoms with van der Waals surface area (Å²) in [5.74, 6) is 0. The van der Waals surface area contributed by atoms with Gasteiger partial charge in [0, 0.05) is 38.3 Å². The van der Waals surface area contributed by atoms with Crippen LogP contribution in [0.15, 0.2) is 16.8 Å². The second kappa shape index (κ2) is 7.23. The minimum atomic E-state index is 0.248. The van der Waals surface area contributed by atoms with Crippen LogP contribution in [0.1, 0.15) is 50.6 Å². The molecule has 2 aliphatic rings. The molecule has 2 N–H and O–H groups in total. The maximum Gasteiger partial charge on any atom is 0.0508 e. The number of nitrogens with two attached hydrogens (primary N) is 1. The molecule has 2 heterocycles. The van der Waals surface area contributed by atoms with Crippen LogP contribution in [-0.2, 0) is 0 Å². The Balaban J connectivity index is 1.62. The zero-order valence-electron chi connectivity index (χ0n) is 13.2. The fourth-order valence-electron chi connectivity index (χ4n) is 4.05. The molecule has 1 aliphatic carbocycles. The summed E-state index contributed by atoms with van der Waals surface area (Å²) in [6, 6.07) is 3.78. The van der Waals surface area contributed by atoms with Crippen LogP contribution in [0.3, 0.4) is 0 Å². The summed E-state index contributed by atoms with van der Waals surface area (Å²) in [4.78, 5) is 5.35. The van der Waals surface area contributed by atoms with Gasteiger partial charge >= 0.3 is 0 Å². The molecule has 0 amide bonds. The molecule has 1 saturated carbocycles. The maximum absolute atomic E-state index is 6.45. The van der Waals surface area contributed by atoms with Crippen molar-refractivity contribution < 1.29 is 0 Å². The summed E-state index contributed by atoms with van der Waals surface area (Å²) in [6.07, 6.45) is 6.75. The third-order valence-electron chi connectivity index (χ3n) is 5.34. The van der Waals surface area contributed by atoms with E-state index in [1.807, 2.05) is 0 Å². The lowest BCUT2D eigenvalue weighted by molar-refractivity contribution is 0.0611. The molecular formula is C17H29N3S. The number of hydrogen-bond donors (Lipinski definition) is 1. The lowest BCUT2D eigenvalue weighted by atomic mass is 9.98. The minimum Gasteiger partial charge on any atom is -0.326 e. The monoisotopic (exact) mass is 307 g/mol. The quantitative estimate of drug-likeness (QED) is 0.907. The van der Waals surface area contributed by atoms with Crippen molar-refractivity contribution in [1.29, 1.82) is 0 Å². The van der Waals surface area contributed by atoms with Gasteiger partial charge < -0.3 is 5.73 Å². The van der Waals surface area contributed by atoms with Gasteiger partial charge in [0.05, 0.1) is 6.04 Å². The lowest BCUT2D eigenvalue weighted by Crippen LogP contribution is -2.53. The first-order valence-corrected chi connectivity index (χ1v) is 9.49. The van der Waals surface area contributed by atoms with Crippen molar-refractivity contribution in [1.82, 2.24) is 9.80 Å². The standard InChI is InChI=1S/C17H29N3S/c1-2-16(18)17(14-7-12-21-13-14)20-10-8-19(9-11-20)15-5-3-4-6-15/h7,12-13,15-17H,2-6,8-11,18H2,1H3. The van der Waals surface area contributed by atoms with Crippen molar-refractivity contribution in [3.8, 4) is 0 Å². The normalized spacial score (nSPS) is 25.2. The Morgan fingerprint density at radius 3 is 2.52 bits per heavy atom. The van der Waals surface area contributed by atoms with E-state index in [1.165, 1.54) is 57.4 Å². The summed E-state index contributed by atoms with van der Waals surface area (Å²) < 4.78 is 0. The molecule has 2 unspecified atom stereocenters. The lowest BCUT2D eigenvalue weighted by Gasteiger charge is -2.43. The summed E-state index contributed by atoms with van der Waals surface area (Å²) in [7, 11) is 0. The van der Waals surface area contributed by atoms with Crippen molar-refractivity contribution in [2.24, 2.45) is 5.73 Å². The highest BCUT2D eigenvalue weighted by atomic mass is 32.1. The van der Waals surface area contributed by atoms with Crippen LogP contribution >= 0.6 is 11.3 Å². The van der Waals surface area contributed by atoms with E-state index in [-0.39, 0.29) is 6.04 Å².